The normalized spacial score (nSPS) is 20.3. The number of amides is 2. The minimum absolute atomic E-state index is 0.0292. The maximum absolute atomic E-state index is 13.2. The fraction of sp³-hybridized carbons (Fsp3) is 0.391. The van der Waals surface area contributed by atoms with Crippen LogP contribution in [0.2, 0.25) is 0 Å². The van der Waals surface area contributed by atoms with Crippen LogP contribution in [0.25, 0.3) is 0 Å². The van der Waals surface area contributed by atoms with Gasteiger partial charge in [-0.2, -0.15) is 0 Å². The van der Waals surface area contributed by atoms with Crippen LogP contribution in [-0.2, 0) is 11.2 Å². The first-order chi connectivity index (χ1) is 14.2. The Hall–Kier alpha value is -3.02. The molecule has 2 aromatic carbocycles. The van der Waals surface area contributed by atoms with Crippen molar-refractivity contribution in [3.63, 3.8) is 0 Å². The standard InChI is InChI=1S/C23H24N2O4/c26-22(17-8-9-20-21(14-17)29-15-28-20)24-10-12-25(13-11-24)23(27)19-7-3-5-16-4-1-2-6-18(16)19/h1-2,4,6,8-9,14,19H,3,5,7,10-13,15H2. The van der Waals surface area contributed by atoms with Crippen molar-refractivity contribution in [2.24, 2.45) is 0 Å². The number of carbonyl (C=O) groups is 2. The lowest BCUT2D eigenvalue weighted by Crippen LogP contribution is -2.51. The summed E-state index contributed by atoms with van der Waals surface area (Å²) in [5.41, 5.74) is 3.08. The molecule has 0 aromatic heterocycles. The predicted molar refractivity (Wildman–Crippen MR) is 107 cm³/mol. The highest BCUT2D eigenvalue weighted by Crippen LogP contribution is 2.34. The average Bonchev–Trinajstić information content (AvgIpc) is 3.26. The van der Waals surface area contributed by atoms with Crippen LogP contribution >= 0.6 is 0 Å². The van der Waals surface area contributed by atoms with Gasteiger partial charge in [0.1, 0.15) is 0 Å². The number of piperazine rings is 1. The van der Waals surface area contributed by atoms with Crippen molar-refractivity contribution in [1.82, 2.24) is 9.80 Å². The molecule has 1 atom stereocenters. The summed E-state index contributed by atoms with van der Waals surface area (Å²) in [6.45, 7) is 2.44. The Morgan fingerprint density at radius 1 is 0.897 bits per heavy atom. The monoisotopic (exact) mass is 392 g/mol. The fourth-order valence-corrected chi connectivity index (χ4v) is 4.57. The average molecular weight is 392 g/mol. The highest BCUT2D eigenvalue weighted by molar-refractivity contribution is 5.95. The van der Waals surface area contributed by atoms with Gasteiger partial charge in [0.25, 0.3) is 5.91 Å². The number of fused-ring (bicyclic) bond motifs is 2. The van der Waals surface area contributed by atoms with Crippen molar-refractivity contribution in [2.45, 2.75) is 25.2 Å². The van der Waals surface area contributed by atoms with Gasteiger partial charge in [0.05, 0.1) is 5.92 Å². The Balaban J connectivity index is 1.24. The van der Waals surface area contributed by atoms with E-state index in [0.717, 1.165) is 19.3 Å². The van der Waals surface area contributed by atoms with Gasteiger partial charge < -0.3 is 19.3 Å². The number of aryl methyl sites for hydroxylation is 1. The van der Waals surface area contributed by atoms with E-state index in [1.807, 2.05) is 21.9 Å². The molecule has 2 aliphatic heterocycles. The summed E-state index contributed by atoms with van der Waals surface area (Å²) in [6, 6.07) is 13.6. The topological polar surface area (TPSA) is 59.1 Å². The molecule has 0 radical (unpaired) electrons. The van der Waals surface area contributed by atoms with Gasteiger partial charge >= 0.3 is 0 Å². The molecule has 2 heterocycles. The molecule has 0 spiro atoms. The maximum Gasteiger partial charge on any atom is 0.254 e. The van der Waals surface area contributed by atoms with E-state index in [-0.39, 0.29) is 24.5 Å². The molecule has 0 bridgehead atoms. The molecule has 5 rings (SSSR count). The third kappa shape index (κ3) is 3.33. The minimum atomic E-state index is -0.0453. The van der Waals surface area contributed by atoms with Gasteiger partial charge in [0, 0.05) is 31.7 Å². The lowest BCUT2D eigenvalue weighted by Gasteiger charge is -2.37. The van der Waals surface area contributed by atoms with E-state index in [1.54, 1.807) is 18.2 Å². The zero-order valence-electron chi connectivity index (χ0n) is 16.3. The van der Waals surface area contributed by atoms with Crippen LogP contribution in [0.3, 0.4) is 0 Å². The second-order valence-electron chi connectivity index (χ2n) is 7.83. The molecule has 2 amide bonds. The Bertz CT molecular complexity index is 950. The summed E-state index contributed by atoms with van der Waals surface area (Å²) in [4.78, 5) is 29.8. The van der Waals surface area contributed by atoms with Crippen LogP contribution in [0.5, 0.6) is 11.5 Å². The van der Waals surface area contributed by atoms with E-state index in [1.165, 1.54) is 11.1 Å². The number of nitrogens with zero attached hydrogens (tertiary/aromatic N) is 2. The van der Waals surface area contributed by atoms with E-state index < -0.39 is 0 Å². The van der Waals surface area contributed by atoms with Crippen LogP contribution in [0.1, 0.15) is 40.2 Å². The quantitative estimate of drug-likeness (QED) is 0.789. The van der Waals surface area contributed by atoms with E-state index in [4.69, 9.17) is 9.47 Å². The van der Waals surface area contributed by atoms with Crippen molar-refractivity contribution in [1.29, 1.82) is 0 Å². The molecule has 1 unspecified atom stereocenters. The van der Waals surface area contributed by atoms with Gasteiger partial charge in [-0.3, -0.25) is 9.59 Å². The Labute approximate surface area is 170 Å². The van der Waals surface area contributed by atoms with Gasteiger partial charge in [0.15, 0.2) is 11.5 Å². The van der Waals surface area contributed by atoms with Crippen molar-refractivity contribution in [3.8, 4) is 11.5 Å². The summed E-state index contributed by atoms with van der Waals surface area (Å²) >= 11 is 0. The van der Waals surface area contributed by atoms with Crippen LogP contribution in [0.15, 0.2) is 42.5 Å². The second kappa shape index (κ2) is 7.43. The van der Waals surface area contributed by atoms with Crippen LogP contribution in [-0.4, -0.2) is 54.6 Å². The molecular formula is C23H24N2O4. The van der Waals surface area contributed by atoms with Crippen LogP contribution < -0.4 is 9.47 Å². The first-order valence-electron chi connectivity index (χ1n) is 10.3. The molecule has 0 saturated carbocycles. The van der Waals surface area contributed by atoms with E-state index in [9.17, 15) is 9.59 Å². The van der Waals surface area contributed by atoms with Crippen molar-refractivity contribution < 1.29 is 19.1 Å². The first-order valence-corrected chi connectivity index (χ1v) is 10.3. The molecule has 6 heteroatoms. The minimum Gasteiger partial charge on any atom is -0.454 e. The third-order valence-corrected chi connectivity index (χ3v) is 6.17. The molecule has 1 aliphatic carbocycles. The van der Waals surface area contributed by atoms with Gasteiger partial charge in [-0.05, 0) is 48.6 Å². The molecule has 6 nitrogen and oxygen atoms in total. The zero-order valence-corrected chi connectivity index (χ0v) is 16.3. The molecule has 29 heavy (non-hydrogen) atoms. The first kappa shape index (κ1) is 18.0. The Morgan fingerprint density at radius 2 is 1.66 bits per heavy atom. The summed E-state index contributed by atoms with van der Waals surface area (Å²) in [7, 11) is 0. The molecule has 3 aliphatic rings. The van der Waals surface area contributed by atoms with Gasteiger partial charge in [-0.25, -0.2) is 0 Å². The SMILES string of the molecule is O=C(c1ccc2c(c1)OCO2)N1CCN(C(=O)C2CCCc3ccccc32)CC1. The number of hydrogen-bond donors (Lipinski definition) is 0. The van der Waals surface area contributed by atoms with Crippen molar-refractivity contribution in [2.75, 3.05) is 33.0 Å². The van der Waals surface area contributed by atoms with Gasteiger partial charge in [-0.15, -0.1) is 0 Å². The molecule has 150 valence electrons. The Kier molecular flexibility index (Phi) is 4.62. The second-order valence-corrected chi connectivity index (χ2v) is 7.83. The lowest BCUT2D eigenvalue weighted by atomic mass is 9.82. The Morgan fingerprint density at radius 3 is 2.52 bits per heavy atom. The molecule has 0 N–H and O–H groups in total. The summed E-state index contributed by atoms with van der Waals surface area (Å²) in [5, 5.41) is 0. The highest BCUT2D eigenvalue weighted by Gasteiger charge is 2.32. The molecule has 1 saturated heterocycles. The maximum atomic E-state index is 13.2. The largest absolute Gasteiger partial charge is 0.454 e. The molecule has 2 aromatic rings. The zero-order chi connectivity index (χ0) is 19.8. The van der Waals surface area contributed by atoms with Crippen molar-refractivity contribution in [3.05, 3.63) is 59.2 Å². The van der Waals surface area contributed by atoms with Gasteiger partial charge in [0.2, 0.25) is 12.7 Å². The van der Waals surface area contributed by atoms with Crippen LogP contribution in [0, 0.1) is 0 Å². The number of benzene rings is 2. The van der Waals surface area contributed by atoms with E-state index in [0.29, 0.717) is 43.2 Å². The number of hydrogen-bond acceptors (Lipinski definition) is 4. The summed E-state index contributed by atoms with van der Waals surface area (Å²) in [6.07, 6.45) is 3.01. The fourth-order valence-electron chi connectivity index (χ4n) is 4.57. The predicted octanol–water partition coefficient (Wildman–Crippen LogP) is 2.82. The lowest BCUT2D eigenvalue weighted by molar-refractivity contribution is -0.134. The molecular weight excluding hydrogens is 368 g/mol. The highest BCUT2D eigenvalue weighted by atomic mass is 16.7. The molecule has 1 fully saturated rings. The van der Waals surface area contributed by atoms with Gasteiger partial charge in [-0.1, -0.05) is 24.3 Å². The number of rotatable bonds is 2. The van der Waals surface area contributed by atoms with E-state index in [2.05, 4.69) is 12.1 Å². The third-order valence-electron chi connectivity index (χ3n) is 6.17. The number of ether oxygens (including phenoxy) is 2. The summed E-state index contributed by atoms with van der Waals surface area (Å²) in [5.74, 6) is 1.41. The van der Waals surface area contributed by atoms with Crippen LogP contribution in [0.4, 0.5) is 0 Å². The van der Waals surface area contributed by atoms with E-state index >= 15 is 0 Å². The van der Waals surface area contributed by atoms with Crippen molar-refractivity contribution >= 4 is 11.8 Å². The number of carbonyl (C=O) groups excluding carboxylic acids is 2. The summed E-state index contributed by atoms with van der Waals surface area (Å²) < 4.78 is 10.7. The smallest absolute Gasteiger partial charge is 0.254 e.